The van der Waals surface area contributed by atoms with Gasteiger partial charge >= 0.3 is 0 Å². The summed E-state index contributed by atoms with van der Waals surface area (Å²) in [6.45, 7) is 8.78. The van der Waals surface area contributed by atoms with E-state index in [9.17, 15) is 0 Å². The zero-order valence-electron chi connectivity index (χ0n) is 11.3. The Morgan fingerprint density at radius 1 is 1.39 bits per heavy atom. The highest BCUT2D eigenvalue weighted by molar-refractivity contribution is 8.06. The molecule has 0 saturated carbocycles. The number of thiazole rings is 1. The molecule has 1 aromatic heterocycles. The van der Waals surface area contributed by atoms with E-state index in [2.05, 4.69) is 55.0 Å². The predicted molar refractivity (Wildman–Crippen MR) is 85.8 cm³/mol. The molecule has 0 aliphatic carbocycles. The van der Waals surface area contributed by atoms with Crippen LogP contribution in [0.2, 0.25) is 0 Å². The number of rotatable bonds is 5. The maximum absolute atomic E-state index is 4.80. The van der Waals surface area contributed by atoms with Crippen LogP contribution in [0, 0.1) is 5.92 Å². The number of nitrogens with one attached hydrogen (secondary N) is 1. The third kappa shape index (κ3) is 4.15. The monoisotopic (exact) mass is 302 g/mol. The van der Waals surface area contributed by atoms with Crippen LogP contribution in [0.5, 0.6) is 0 Å². The van der Waals surface area contributed by atoms with E-state index in [0.717, 1.165) is 13.1 Å². The van der Waals surface area contributed by atoms with Gasteiger partial charge in [-0.3, -0.25) is 0 Å². The van der Waals surface area contributed by atoms with Crippen molar-refractivity contribution in [3.63, 3.8) is 0 Å². The molecular formula is C13H22N2S3. The smallest absolute Gasteiger partial charge is 0.107 e. The number of thioether (sulfide) groups is 2. The summed E-state index contributed by atoms with van der Waals surface area (Å²) in [5.41, 5.74) is 1.21. The molecule has 1 N–H and O–H groups in total. The minimum absolute atomic E-state index is 0.604. The van der Waals surface area contributed by atoms with Gasteiger partial charge in [-0.25, -0.2) is 4.98 Å². The van der Waals surface area contributed by atoms with Gasteiger partial charge in [0.25, 0.3) is 0 Å². The molecule has 0 radical (unpaired) electrons. The lowest BCUT2D eigenvalue weighted by Crippen LogP contribution is -2.19. The van der Waals surface area contributed by atoms with Gasteiger partial charge in [0, 0.05) is 28.7 Å². The van der Waals surface area contributed by atoms with Crippen molar-refractivity contribution in [2.45, 2.75) is 37.8 Å². The van der Waals surface area contributed by atoms with E-state index < -0.39 is 0 Å². The molecule has 1 aliphatic rings. The molecule has 2 rings (SSSR count). The first-order valence-corrected chi connectivity index (χ1v) is 9.52. The van der Waals surface area contributed by atoms with Gasteiger partial charge in [0.1, 0.15) is 5.01 Å². The number of aromatic nitrogens is 1. The third-order valence-corrected chi connectivity index (χ3v) is 7.08. The summed E-state index contributed by atoms with van der Waals surface area (Å²) in [4.78, 5) is 4.80. The second-order valence-electron chi connectivity index (χ2n) is 5.07. The van der Waals surface area contributed by atoms with E-state index in [0.29, 0.717) is 16.4 Å². The SMILES string of the molecule is CC(C)CNCc1csc(C2SCCSC2C)n1. The lowest BCUT2D eigenvalue weighted by atomic mass is 10.2. The topological polar surface area (TPSA) is 24.9 Å². The summed E-state index contributed by atoms with van der Waals surface area (Å²) in [6.07, 6.45) is 0. The standard InChI is InChI=1S/C13H22N2S3/c1-9(2)6-14-7-11-8-18-13(15-11)12-10(3)16-4-5-17-12/h8-10,12,14H,4-7H2,1-3H3. The van der Waals surface area contributed by atoms with Gasteiger partial charge in [0.15, 0.2) is 0 Å². The van der Waals surface area contributed by atoms with Crippen LogP contribution in [-0.2, 0) is 6.54 Å². The van der Waals surface area contributed by atoms with Crippen molar-refractivity contribution in [2.24, 2.45) is 5.92 Å². The van der Waals surface area contributed by atoms with E-state index >= 15 is 0 Å². The van der Waals surface area contributed by atoms with Gasteiger partial charge in [-0.1, -0.05) is 20.8 Å². The van der Waals surface area contributed by atoms with Crippen LogP contribution in [0.4, 0.5) is 0 Å². The van der Waals surface area contributed by atoms with E-state index in [-0.39, 0.29) is 0 Å². The van der Waals surface area contributed by atoms with Crippen LogP contribution in [0.15, 0.2) is 5.38 Å². The van der Waals surface area contributed by atoms with Crippen LogP contribution >= 0.6 is 34.9 Å². The molecule has 18 heavy (non-hydrogen) atoms. The Labute approximate surface area is 123 Å². The van der Waals surface area contributed by atoms with Gasteiger partial charge in [-0.15, -0.1) is 23.1 Å². The molecule has 1 aliphatic heterocycles. The first-order valence-electron chi connectivity index (χ1n) is 6.55. The molecular weight excluding hydrogens is 280 g/mol. The van der Waals surface area contributed by atoms with Gasteiger partial charge in [0.05, 0.1) is 10.9 Å². The van der Waals surface area contributed by atoms with Crippen molar-refractivity contribution in [3.05, 3.63) is 16.1 Å². The van der Waals surface area contributed by atoms with Gasteiger partial charge in [-0.05, 0) is 12.5 Å². The number of hydrogen-bond donors (Lipinski definition) is 1. The maximum atomic E-state index is 4.80. The number of hydrogen-bond acceptors (Lipinski definition) is 5. The Kier molecular flexibility index (Phi) is 5.86. The van der Waals surface area contributed by atoms with Crippen LogP contribution in [-0.4, -0.2) is 28.3 Å². The van der Waals surface area contributed by atoms with Crippen molar-refractivity contribution >= 4 is 34.9 Å². The molecule has 0 amide bonds. The zero-order valence-corrected chi connectivity index (χ0v) is 13.8. The lowest BCUT2D eigenvalue weighted by molar-refractivity contribution is 0.548. The average Bonchev–Trinajstić information content (AvgIpc) is 2.78. The molecule has 0 bridgehead atoms. The Morgan fingerprint density at radius 3 is 2.89 bits per heavy atom. The molecule has 2 heterocycles. The molecule has 2 nitrogen and oxygen atoms in total. The summed E-state index contributed by atoms with van der Waals surface area (Å²) in [5.74, 6) is 3.25. The van der Waals surface area contributed by atoms with E-state index in [1.807, 2.05) is 11.3 Å². The van der Waals surface area contributed by atoms with E-state index in [4.69, 9.17) is 4.98 Å². The summed E-state index contributed by atoms with van der Waals surface area (Å²) >= 11 is 5.99. The van der Waals surface area contributed by atoms with E-state index in [1.54, 1.807) is 0 Å². The van der Waals surface area contributed by atoms with E-state index in [1.165, 1.54) is 22.2 Å². The number of nitrogens with zero attached hydrogens (tertiary/aromatic N) is 1. The second kappa shape index (κ2) is 7.17. The summed E-state index contributed by atoms with van der Waals surface area (Å²) in [6, 6.07) is 0. The van der Waals surface area contributed by atoms with Crippen LogP contribution < -0.4 is 5.32 Å². The second-order valence-corrected chi connectivity index (χ2v) is 8.69. The molecule has 0 spiro atoms. The van der Waals surface area contributed by atoms with Crippen LogP contribution in [0.25, 0.3) is 0 Å². The Hall–Kier alpha value is 0.290. The molecule has 102 valence electrons. The van der Waals surface area contributed by atoms with Crippen molar-refractivity contribution in [3.8, 4) is 0 Å². The largest absolute Gasteiger partial charge is 0.311 e. The van der Waals surface area contributed by atoms with Gasteiger partial charge in [0.2, 0.25) is 0 Å². The normalized spacial score (nSPS) is 24.7. The Morgan fingerprint density at radius 2 is 2.17 bits per heavy atom. The third-order valence-electron chi connectivity index (χ3n) is 2.86. The highest BCUT2D eigenvalue weighted by Gasteiger charge is 2.26. The molecule has 2 unspecified atom stereocenters. The fourth-order valence-electron chi connectivity index (χ4n) is 1.93. The lowest BCUT2D eigenvalue weighted by Gasteiger charge is -2.25. The Bertz CT molecular complexity index is 365. The summed E-state index contributed by atoms with van der Waals surface area (Å²) in [5, 5.41) is 8.30. The molecule has 1 fully saturated rings. The zero-order chi connectivity index (χ0) is 13.0. The van der Waals surface area contributed by atoms with Crippen molar-refractivity contribution < 1.29 is 0 Å². The highest BCUT2D eigenvalue weighted by Crippen LogP contribution is 2.43. The first-order chi connectivity index (χ1) is 8.66. The summed E-state index contributed by atoms with van der Waals surface area (Å²) < 4.78 is 0. The molecule has 5 heteroatoms. The predicted octanol–water partition coefficient (Wildman–Crippen LogP) is 3.80. The first kappa shape index (κ1) is 14.7. The molecule has 0 aromatic carbocycles. The van der Waals surface area contributed by atoms with Crippen molar-refractivity contribution in [1.82, 2.24) is 10.3 Å². The van der Waals surface area contributed by atoms with Crippen molar-refractivity contribution in [2.75, 3.05) is 18.1 Å². The fourth-order valence-corrected chi connectivity index (χ4v) is 5.92. The van der Waals surface area contributed by atoms with Gasteiger partial charge in [-0.2, -0.15) is 11.8 Å². The van der Waals surface area contributed by atoms with Crippen LogP contribution in [0.1, 0.15) is 36.7 Å². The average molecular weight is 303 g/mol. The Balaban J connectivity index is 1.88. The molecule has 1 aromatic rings. The van der Waals surface area contributed by atoms with Crippen molar-refractivity contribution in [1.29, 1.82) is 0 Å². The van der Waals surface area contributed by atoms with Crippen LogP contribution in [0.3, 0.4) is 0 Å². The maximum Gasteiger partial charge on any atom is 0.107 e. The molecule has 2 atom stereocenters. The summed E-state index contributed by atoms with van der Waals surface area (Å²) in [7, 11) is 0. The quantitative estimate of drug-likeness (QED) is 0.894. The fraction of sp³-hybridized carbons (Fsp3) is 0.769. The highest BCUT2D eigenvalue weighted by atomic mass is 32.2. The molecule has 1 saturated heterocycles. The minimum Gasteiger partial charge on any atom is -0.311 e. The minimum atomic E-state index is 0.604. The van der Waals surface area contributed by atoms with Gasteiger partial charge < -0.3 is 5.32 Å².